The number of hydrogen-bond acceptors (Lipinski definition) is 3. The Labute approximate surface area is 171 Å². The Morgan fingerprint density at radius 1 is 1.04 bits per heavy atom. The molecule has 6 nitrogen and oxygen atoms in total. The average molecular weight is 404 g/mol. The van der Waals surface area contributed by atoms with E-state index in [1.807, 2.05) is 42.5 Å². The van der Waals surface area contributed by atoms with E-state index in [0.717, 1.165) is 5.56 Å². The third kappa shape index (κ3) is 7.48. The molecule has 0 aliphatic rings. The average Bonchev–Trinajstić information content (AvgIpc) is 2.68. The molecule has 0 aromatic heterocycles. The molecule has 7 heteroatoms. The summed E-state index contributed by atoms with van der Waals surface area (Å²) in [5.74, 6) is 0.614. The van der Waals surface area contributed by atoms with Crippen LogP contribution < -0.4 is 10.1 Å². The molecule has 150 valence electrons. The van der Waals surface area contributed by atoms with E-state index in [4.69, 9.17) is 16.3 Å². The fourth-order valence-electron chi connectivity index (χ4n) is 2.51. The van der Waals surface area contributed by atoms with Crippen molar-refractivity contribution in [1.29, 1.82) is 0 Å². The second-order valence-corrected chi connectivity index (χ2v) is 6.88. The second kappa shape index (κ2) is 11.2. The van der Waals surface area contributed by atoms with Crippen molar-refractivity contribution in [2.75, 3.05) is 33.8 Å². The normalized spacial score (nSPS) is 10.2. The second-order valence-electron chi connectivity index (χ2n) is 6.44. The van der Waals surface area contributed by atoms with Gasteiger partial charge in [0.25, 0.3) is 0 Å². The van der Waals surface area contributed by atoms with Crippen LogP contribution in [-0.4, -0.2) is 55.5 Å². The zero-order valence-electron chi connectivity index (χ0n) is 16.2. The van der Waals surface area contributed by atoms with Crippen molar-refractivity contribution in [3.63, 3.8) is 0 Å². The van der Waals surface area contributed by atoms with E-state index in [-0.39, 0.29) is 24.9 Å². The number of carbonyl (C=O) groups is 2. The Hall–Kier alpha value is -2.73. The molecule has 0 aliphatic carbocycles. The predicted octanol–water partition coefficient (Wildman–Crippen LogP) is 3.41. The summed E-state index contributed by atoms with van der Waals surface area (Å²) in [6.45, 7) is 1.62. The summed E-state index contributed by atoms with van der Waals surface area (Å²) in [6, 6.07) is 16.7. The number of urea groups is 1. The van der Waals surface area contributed by atoms with E-state index in [1.165, 1.54) is 0 Å². The maximum absolute atomic E-state index is 12.2. The molecule has 0 radical (unpaired) electrons. The molecular weight excluding hydrogens is 378 g/mol. The van der Waals surface area contributed by atoms with Gasteiger partial charge in [-0.25, -0.2) is 4.79 Å². The zero-order chi connectivity index (χ0) is 20.4. The van der Waals surface area contributed by atoms with Crippen LogP contribution in [0.1, 0.15) is 12.0 Å². The monoisotopic (exact) mass is 403 g/mol. The number of amides is 3. The summed E-state index contributed by atoms with van der Waals surface area (Å²) in [6.07, 6.45) is 0.235. The minimum absolute atomic E-state index is 0.0549. The van der Waals surface area contributed by atoms with Crippen LogP contribution in [0.5, 0.6) is 5.75 Å². The Morgan fingerprint density at radius 3 is 2.50 bits per heavy atom. The number of likely N-dealkylation sites (N-methyl/N-ethyl adjacent to an activating group) is 1. The van der Waals surface area contributed by atoms with Gasteiger partial charge in [-0.3, -0.25) is 4.79 Å². The first-order chi connectivity index (χ1) is 13.5. The first kappa shape index (κ1) is 21.6. The molecule has 2 aromatic carbocycles. The maximum atomic E-state index is 12.2. The number of nitrogens with one attached hydrogen (secondary N) is 1. The van der Waals surface area contributed by atoms with Gasteiger partial charge in [0.05, 0.1) is 6.54 Å². The molecule has 28 heavy (non-hydrogen) atoms. The van der Waals surface area contributed by atoms with Gasteiger partial charge >= 0.3 is 6.03 Å². The summed E-state index contributed by atoms with van der Waals surface area (Å²) < 4.78 is 5.58. The molecule has 0 spiro atoms. The lowest BCUT2D eigenvalue weighted by atomic mass is 10.2. The van der Waals surface area contributed by atoms with Crippen LogP contribution in [-0.2, 0) is 11.3 Å². The maximum Gasteiger partial charge on any atom is 0.317 e. The summed E-state index contributed by atoms with van der Waals surface area (Å²) in [4.78, 5) is 27.5. The molecule has 2 rings (SSSR count). The van der Waals surface area contributed by atoms with Gasteiger partial charge in [0.2, 0.25) is 5.91 Å². The van der Waals surface area contributed by atoms with Crippen LogP contribution in [0.3, 0.4) is 0 Å². The van der Waals surface area contributed by atoms with E-state index in [9.17, 15) is 9.59 Å². The van der Waals surface area contributed by atoms with Crippen molar-refractivity contribution < 1.29 is 14.3 Å². The minimum atomic E-state index is -0.205. The summed E-state index contributed by atoms with van der Waals surface area (Å²) >= 11 is 5.90. The highest BCUT2D eigenvalue weighted by atomic mass is 35.5. The summed E-state index contributed by atoms with van der Waals surface area (Å²) in [5, 5.41) is 3.38. The first-order valence-electron chi connectivity index (χ1n) is 9.11. The highest BCUT2D eigenvalue weighted by molar-refractivity contribution is 6.30. The molecule has 0 heterocycles. The van der Waals surface area contributed by atoms with Gasteiger partial charge in [0.1, 0.15) is 12.4 Å². The van der Waals surface area contributed by atoms with Crippen LogP contribution in [0.15, 0.2) is 54.6 Å². The van der Waals surface area contributed by atoms with Crippen molar-refractivity contribution in [3.05, 3.63) is 65.2 Å². The Balaban J connectivity index is 1.63. The zero-order valence-corrected chi connectivity index (χ0v) is 17.0. The predicted molar refractivity (Wildman–Crippen MR) is 111 cm³/mol. The van der Waals surface area contributed by atoms with Gasteiger partial charge in [-0.2, -0.15) is 0 Å². The molecule has 0 atom stereocenters. The third-order valence-electron chi connectivity index (χ3n) is 4.14. The topological polar surface area (TPSA) is 61.9 Å². The molecule has 2 aromatic rings. The molecule has 3 amide bonds. The highest BCUT2D eigenvalue weighted by Gasteiger charge is 2.12. The molecule has 1 N–H and O–H groups in total. The van der Waals surface area contributed by atoms with Crippen molar-refractivity contribution in [2.45, 2.75) is 13.0 Å². The smallest absolute Gasteiger partial charge is 0.317 e. The van der Waals surface area contributed by atoms with E-state index in [0.29, 0.717) is 30.5 Å². The molecule has 0 aliphatic heterocycles. The number of hydrogen-bond donors (Lipinski definition) is 1. The van der Waals surface area contributed by atoms with Gasteiger partial charge in [-0.1, -0.05) is 48.0 Å². The first-order valence-corrected chi connectivity index (χ1v) is 9.48. The van der Waals surface area contributed by atoms with Gasteiger partial charge in [-0.15, -0.1) is 0 Å². The minimum Gasteiger partial charge on any atom is -0.492 e. The van der Waals surface area contributed by atoms with Crippen LogP contribution >= 0.6 is 11.6 Å². The van der Waals surface area contributed by atoms with Gasteiger partial charge in [-0.05, 0) is 23.8 Å². The molecule has 0 saturated heterocycles. The molecular formula is C21H26ClN3O3. The van der Waals surface area contributed by atoms with E-state index >= 15 is 0 Å². The third-order valence-corrected chi connectivity index (χ3v) is 4.38. The van der Waals surface area contributed by atoms with Gasteiger partial charge in [0.15, 0.2) is 0 Å². The fourth-order valence-corrected chi connectivity index (χ4v) is 2.69. The molecule has 0 fully saturated rings. The Morgan fingerprint density at radius 2 is 1.79 bits per heavy atom. The van der Waals surface area contributed by atoms with Gasteiger partial charge in [0, 0.05) is 38.6 Å². The Kier molecular flexibility index (Phi) is 8.62. The molecule has 0 saturated carbocycles. The van der Waals surface area contributed by atoms with Crippen molar-refractivity contribution >= 4 is 23.5 Å². The van der Waals surface area contributed by atoms with Crippen molar-refractivity contribution in [3.8, 4) is 5.75 Å². The standard InChI is InChI=1S/C21H26ClN3O3/c1-24(13-14-28-19-10-6-9-18(22)15-19)20(26)11-12-23-21(27)25(2)16-17-7-4-3-5-8-17/h3-10,15H,11-14,16H2,1-2H3,(H,23,27). The van der Waals surface area contributed by atoms with Crippen LogP contribution in [0.4, 0.5) is 4.79 Å². The SMILES string of the molecule is CN(CCOc1cccc(Cl)c1)C(=O)CCNC(=O)N(C)Cc1ccccc1. The van der Waals surface area contributed by atoms with E-state index < -0.39 is 0 Å². The quantitative estimate of drug-likeness (QED) is 0.697. The lowest BCUT2D eigenvalue weighted by Crippen LogP contribution is -2.39. The largest absolute Gasteiger partial charge is 0.492 e. The van der Waals surface area contributed by atoms with Gasteiger partial charge < -0.3 is 19.9 Å². The van der Waals surface area contributed by atoms with Crippen molar-refractivity contribution in [1.82, 2.24) is 15.1 Å². The molecule has 0 unspecified atom stereocenters. The van der Waals surface area contributed by atoms with E-state index in [2.05, 4.69) is 5.32 Å². The molecule has 0 bridgehead atoms. The number of benzene rings is 2. The summed E-state index contributed by atoms with van der Waals surface area (Å²) in [5.41, 5.74) is 1.05. The summed E-state index contributed by atoms with van der Waals surface area (Å²) in [7, 11) is 3.44. The lowest BCUT2D eigenvalue weighted by molar-refractivity contribution is -0.130. The lowest BCUT2D eigenvalue weighted by Gasteiger charge is -2.20. The highest BCUT2D eigenvalue weighted by Crippen LogP contribution is 2.16. The van der Waals surface area contributed by atoms with Crippen LogP contribution in [0.25, 0.3) is 0 Å². The van der Waals surface area contributed by atoms with Crippen LogP contribution in [0, 0.1) is 0 Å². The van der Waals surface area contributed by atoms with Crippen LogP contribution in [0.2, 0.25) is 5.02 Å². The number of halogens is 1. The van der Waals surface area contributed by atoms with Crippen molar-refractivity contribution in [2.24, 2.45) is 0 Å². The number of nitrogens with zero attached hydrogens (tertiary/aromatic N) is 2. The Bertz CT molecular complexity index is 771. The fraction of sp³-hybridized carbons (Fsp3) is 0.333. The number of ether oxygens (including phenoxy) is 1. The number of rotatable bonds is 9. The van der Waals surface area contributed by atoms with E-state index in [1.54, 1.807) is 36.0 Å². The number of carbonyl (C=O) groups excluding carboxylic acids is 2.